The Morgan fingerprint density at radius 2 is 2.12 bits per heavy atom. The van der Waals surface area contributed by atoms with E-state index in [4.69, 9.17) is 15.7 Å². The predicted molar refractivity (Wildman–Crippen MR) is 69.7 cm³/mol. The SMILES string of the molecule is Cc1ccc(OCCCC(C)(C)C#N)cc1N. The summed E-state index contributed by atoms with van der Waals surface area (Å²) in [6.45, 7) is 6.47. The number of aryl methyl sites for hydroxylation is 1. The second-order valence-corrected chi connectivity index (χ2v) is 4.97. The Hall–Kier alpha value is -1.69. The van der Waals surface area contributed by atoms with Gasteiger partial charge in [-0.3, -0.25) is 0 Å². The minimum Gasteiger partial charge on any atom is -0.494 e. The van der Waals surface area contributed by atoms with Gasteiger partial charge in [0, 0.05) is 11.8 Å². The number of nitrogens with zero attached hydrogens (tertiary/aromatic N) is 1. The van der Waals surface area contributed by atoms with Gasteiger partial charge in [0.2, 0.25) is 0 Å². The molecule has 17 heavy (non-hydrogen) atoms. The zero-order valence-corrected chi connectivity index (χ0v) is 10.8. The third-order valence-electron chi connectivity index (χ3n) is 2.77. The molecule has 0 aliphatic rings. The fourth-order valence-electron chi connectivity index (χ4n) is 1.47. The van der Waals surface area contributed by atoms with Crippen molar-refractivity contribution in [2.75, 3.05) is 12.3 Å². The van der Waals surface area contributed by atoms with Gasteiger partial charge in [-0.1, -0.05) is 6.07 Å². The molecular formula is C14H20N2O. The van der Waals surface area contributed by atoms with E-state index in [2.05, 4.69) is 6.07 Å². The molecule has 0 amide bonds. The summed E-state index contributed by atoms with van der Waals surface area (Å²) in [6.07, 6.45) is 1.71. The first kappa shape index (κ1) is 13.4. The molecule has 1 aromatic rings. The van der Waals surface area contributed by atoms with Gasteiger partial charge >= 0.3 is 0 Å². The van der Waals surface area contributed by atoms with Crippen molar-refractivity contribution in [2.45, 2.75) is 33.6 Å². The molecule has 0 saturated carbocycles. The number of benzene rings is 1. The van der Waals surface area contributed by atoms with Crippen LogP contribution in [0.2, 0.25) is 0 Å². The topological polar surface area (TPSA) is 59.0 Å². The second-order valence-electron chi connectivity index (χ2n) is 4.97. The zero-order chi connectivity index (χ0) is 12.9. The van der Waals surface area contributed by atoms with Gasteiger partial charge < -0.3 is 10.5 Å². The number of nitrogen functional groups attached to an aromatic ring is 1. The van der Waals surface area contributed by atoms with E-state index in [0.717, 1.165) is 29.8 Å². The Bertz CT molecular complexity index is 419. The lowest BCUT2D eigenvalue weighted by Gasteiger charge is -2.15. The third kappa shape index (κ3) is 4.36. The Balaban J connectivity index is 2.37. The molecular weight excluding hydrogens is 212 g/mol. The molecule has 0 heterocycles. The smallest absolute Gasteiger partial charge is 0.121 e. The van der Waals surface area contributed by atoms with Crippen LogP contribution in [0, 0.1) is 23.7 Å². The number of hydrogen-bond acceptors (Lipinski definition) is 3. The highest BCUT2D eigenvalue weighted by Gasteiger charge is 2.15. The van der Waals surface area contributed by atoms with Crippen LogP contribution in [0.25, 0.3) is 0 Å². The standard InChI is InChI=1S/C14H20N2O/c1-11-5-6-12(9-13(11)16)17-8-4-7-14(2,3)10-15/h5-6,9H,4,7-8,16H2,1-3H3. The van der Waals surface area contributed by atoms with Crippen LogP contribution in [0.3, 0.4) is 0 Å². The lowest BCUT2D eigenvalue weighted by atomic mass is 9.90. The first-order valence-electron chi connectivity index (χ1n) is 5.85. The van der Waals surface area contributed by atoms with E-state index in [-0.39, 0.29) is 5.41 Å². The molecule has 0 spiro atoms. The van der Waals surface area contributed by atoms with Gasteiger partial charge in [-0.25, -0.2) is 0 Å². The number of ether oxygens (including phenoxy) is 1. The number of nitrogens with two attached hydrogens (primary N) is 1. The van der Waals surface area contributed by atoms with Gasteiger partial charge in [-0.15, -0.1) is 0 Å². The summed E-state index contributed by atoms with van der Waals surface area (Å²) in [4.78, 5) is 0. The molecule has 0 saturated heterocycles. The van der Waals surface area contributed by atoms with E-state index in [1.165, 1.54) is 0 Å². The Morgan fingerprint density at radius 3 is 2.71 bits per heavy atom. The van der Waals surface area contributed by atoms with E-state index in [1.807, 2.05) is 39.0 Å². The van der Waals surface area contributed by atoms with Gasteiger partial charge in [-0.05, 0) is 45.2 Å². The fraction of sp³-hybridized carbons (Fsp3) is 0.500. The van der Waals surface area contributed by atoms with Crippen molar-refractivity contribution in [2.24, 2.45) is 5.41 Å². The fourth-order valence-corrected chi connectivity index (χ4v) is 1.47. The van der Waals surface area contributed by atoms with Crippen molar-refractivity contribution in [1.82, 2.24) is 0 Å². The summed E-state index contributed by atoms with van der Waals surface area (Å²) in [5, 5.41) is 8.87. The maximum atomic E-state index is 8.87. The normalized spacial score (nSPS) is 10.9. The van der Waals surface area contributed by atoms with Crippen molar-refractivity contribution >= 4 is 5.69 Å². The molecule has 1 rings (SSSR count). The van der Waals surface area contributed by atoms with Gasteiger partial charge in [-0.2, -0.15) is 5.26 Å². The number of hydrogen-bond donors (Lipinski definition) is 1. The van der Waals surface area contributed by atoms with Crippen LogP contribution >= 0.6 is 0 Å². The summed E-state index contributed by atoms with van der Waals surface area (Å²) in [7, 11) is 0. The van der Waals surface area contributed by atoms with Gasteiger partial charge in [0.1, 0.15) is 5.75 Å². The first-order chi connectivity index (χ1) is 7.94. The van der Waals surface area contributed by atoms with E-state index in [9.17, 15) is 0 Å². The van der Waals surface area contributed by atoms with Gasteiger partial charge in [0.15, 0.2) is 0 Å². The quantitative estimate of drug-likeness (QED) is 0.626. The van der Waals surface area contributed by atoms with E-state index < -0.39 is 0 Å². The third-order valence-corrected chi connectivity index (χ3v) is 2.77. The highest BCUT2D eigenvalue weighted by Crippen LogP contribution is 2.22. The number of rotatable bonds is 5. The van der Waals surface area contributed by atoms with E-state index >= 15 is 0 Å². The second kappa shape index (κ2) is 5.58. The average molecular weight is 232 g/mol. The summed E-state index contributed by atoms with van der Waals surface area (Å²) in [6, 6.07) is 7.99. The molecule has 0 aliphatic heterocycles. The minimum absolute atomic E-state index is 0.268. The maximum Gasteiger partial charge on any atom is 0.121 e. The van der Waals surface area contributed by atoms with Crippen molar-refractivity contribution in [3.8, 4) is 11.8 Å². The Labute approximate surface area is 103 Å². The zero-order valence-electron chi connectivity index (χ0n) is 10.8. The molecule has 2 N–H and O–H groups in total. The summed E-state index contributed by atoms with van der Waals surface area (Å²) in [5.74, 6) is 0.794. The van der Waals surface area contributed by atoms with Crippen molar-refractivity contribution in [1.29, 1.82) is 5.26 Å². The average Bonchev–Trinajstić information content (AvgIpc) is 2.29. The van der Waals surface area contributed by atoms with E-state index in [0.29, 0.717) is 6.61 Å². The molecule has 0 bridgehead atoms. The monoisotopic (exact) mass is 232 g/mol. The van der Waals surface area contributed by atoms with Crippen LogP contribution in [0.15, 0.2) is 18.2 Å². The number of anilines is 1. The van der Waals surface area contributed by atoms with Crippen molar-refractivity contribution in [3.05, 3.63) is 23.8 Å². The van der Waals surface area contributed by atoms with Gasteiger partial charge in [0.25, 0.3) is 0 Å². The highest BCUT2D eigenvalue weighted by molar-refractivity contribution is 5.50. The minimum atomic E-state index is -0.268. The molecule has 92 valence electrons. The molecule has 1 aromatic carbocycles. The van der Waals surface area contributed by atoms with Crippen LogP contribution in [-0.4, -0.2) is 6.61 Å². The molecule has 0 atom stereocenters. The highest BCUT2D eigenvalue weighted by atomic mass is 16.5. The van der Waals surface area contributed by atoms with Crippen molar-refractivity contribution < 1.29 is 4.74 Å². The largest absolute Gasteiger partial charge is 0.494 e. The maximum absolute atomic E-state index is 8.87. The van der Waals surface area contributed by atoms with E-state index in [1.54, 1.807) is 0 Å². The van der Waals surface area contributed by atoms with Crippen LogP contribution in [-0.2, 0) is 0 Å². The molecule has 0 aliphatic carbocycles. The lowest BCUT2D eigenvalue weighted by molar-refractivity contribution is 0.284. The predicted octanol–water partition coefficient (Wildman–Crippen LogP) is 3.29. The Kier molecular flexibility index (Phi) is 4.39. The van der Waals surface area contributed by atoms with Crippen LogP contribution in [0.5, 0.6) is 5.75 Å². The number of nitriles is 1. The Morgan fingerprint density at radius 1 is 1.41 bits per heavy atom. The molecule has 3 nitrogen and oxygen atoms in total. The van der Waals surface area contributed by atoms with Gasteiger partial charge in [0.05, 0.1) is 18.1 Å². The van der Waals surface area contributed by atoms with Crippen LogP contribution in [0.1, 0.15) is 32.3 Å². The molecule has 0 fully saturated rings. The molecule has 0 unspecified atom stereocenters. The van der Waals surface area contributed by atoms with Crippen LogP contribution in [0.4, 0.5) is 5.69 Å². The van der Waals surface area contributed by atoms with Crippen LogP contribution < -0.4 is 10.5 Å². The molecule has 0 aromatic heterocycles. The van der Waals surface area contributed by atoms with Crippen molar-refractivity contribution in [3.63, 3.8) is 0 Å². The lowest BCUT2D eigenvalue weighted by Crippen LogP contribution is -2.10. The first-order valence-corrected chi connectivity index (χ1v) is 5.85. The molecule has 3 heteroatoms. The summed E-state index contributed by atoms with van der Waals surface area (Å²) in [5.41, 5.74) is 7.33. The summed E-state index contributed by atoms with van der Waals surface area (Å²) < 4.78 is 5.59. The summed E-state index contributed by atoms with van der Waals surface area (Å²) >= 11 is 0. The molecule has 0 radical (unpaired) electrons.